The highest BCUT2D eigenvalue weighted by Crippen LogP contribution is 2.78. The van der Waals surface area contributed by atoms with Crippen molar-refractivity contribution in [1.82, 2.24) is 4.90 Å². The Bertz CT molecular complexity index is 673. The highest BCUT2D eigenvalue weighted by Gasteiger charge is 2.82. The summed E-state index contributed by atoms with van der Waals surface area (Å²) in [4.78, 5) is 2.60. The van der Waals surface area contributed by atoms with Crippen LogP contribution in [0.2, 0.25) is 0 Å². The van der Waals surface area contributed by atoms with Crippen molar-refractivity contribution in [2.45, 2.75) is 75.9 Å². The molecule has 0 amide bonds. The molecule has 3 N–H and O–H groups in total. The first-order valence-electron chi connectivity index (χ1n) is 11.2. The molecule has 152 valence electrons. The molecule has 6 aliphatic rings. The zero-order valence-electron chi connectivity index (χ0n) is 16.8. The van der Waals surface area contributed by atoms with Crippen LogP contribution < -0.4 is 0 Å². The van der Waals surface area contributed by atoms with Gasteiger partial charge in [-0.3, -0.25) is 4.90 Å². The van der Waals surface area contributed by atoms with Crippen LogP contribution in [0.25, 0.3) is 0 Å². The quantitative estimate of drug-likeness (QED) is 0.676. The van der Waals surface area contributed by atoms with Crippen molar-refractivity contribution >= 4 is 0 Å². The monoisotopic (exact) mass is 377 g/mol. The second-order valence-corrected chi connectivity index (χ2v) is 11.1. The van der Waals surface area contributed by atoms with Crippen molar-refractivity contribution in [2.75, 3.05) is 20.2 Å². The van der Waals surface area contributed by atoms with Gasteiger partial charge in [0.25, 0.3) is 0 Å². The third kappa shape index (κ3) is 1.66. The number of piperidine rings is 1. The van der Waals surface area contributed by atoms with E-state index in [-0.39, 0.29) is 52.8 Å². The number of aliphatic hydroxyl groups excluding tert-OH is 2. The molecule has 7 bridgehead atoms. The predicted octanol–water partition coefficient (Wildman–Crippen LogP) is 1.25. The zero-order chi connectivity index (χ0) is 18.9. The molecule has 6 fully saturated rings. The number of hydrogen-bond acceptors (Lipinski definition) is 5. The highest BCUT2D eigenvalue weighted by molar-refractivity contribution is 5.32. The Morgan fingerprint density at radius 3 is 2.67 bits per heavy atom. The Labute approximate surface area is 162 Å². The van der Waals surface area contributed by atoms with Gasteiger partial charge in [0.1, 0.15) is 0 Å². The normalized spacial score (nSPS) is 66.2. The van der Waals surface area contributed by atoms with E-state index in [1.165, 1.54) is 0 Å². The predicted molar refractivity (Wildman–Crippen MR) is 99.9 cm³/mol. The summed E-state index contributed by atoms with van der Waals surface area (Å²) in [5.41, 5.74) is -0.788. The average Bonchev–Trinajstić information content (AvgIpc) is 3.07. The van der Waals surface area contributed by atoms with Gasteiger partial charge in [0, 0.05) is 49.3 Å². The van der Waals surface area contributed by atoms with Crippen molar-refractivity contribution < 1.29 is 20.1 Å². The van der Waals surface area contributed by atoms with Crippen molar-refractivity contribution in [3.8, 4) is 0 Å². The van der Waals surface area contributed by atoms with Crippen LogP contribution in [0.4, 0.5) is 0 Å². The van der Waals surface area contributed by atoms with Crippen LogP contribution in [0.15, 0.2) is 0 Å². The Hall–Kier alpha value is -0.200. The maximum Gasteiger partial charge on any atom is 0.0771 e. The molecule has 0 unspecified atom stereocenters. The summed E-state index contributed by atoms with van der Waals surface area (Å²) in [6.45, 7) is 6.74. The summed E-state index contributed by atoms with van der Waals surface area (Å²) >= 11 is 0. The summed E-state index contributed by atoms with van der Waals surface area (Å²) in [5, 5.41) is 34.9. The Balaban J connectivity index is 1.59. The van der Waals surface area contributed by atoms with Crippen LogP contribution in [0.1, 0.15) is 46.0 Å². The minimum Gasteiger partial charge on any atom is -0.392 e. The van der Waals surface area contributed by atoms with Gasteiger partial charge in [-0.25, -0.2) is 0 Å². The number of aliphatic hydroxyl groups is 3. The van der Waals surface area contributed by atoms with Gasteiger partial charge in [0.15, 0.2) is 0 Å². The number of ether oxygens (including phenoxy) is 1. The van der Waals surface area contributed by atoms with E-state index in [4.69, 9.17) is 4.74 Å². The largest absolute Gasteiger partial charge is 0.392 e. The third-order valence-electron chi connectivity index (χ3n) is 10.7. The number of rotatable bonds is 2. The van der Waals surface area contributed by atoms with Crippen LogP contribution in [0.5, 0.6) is 0 Å². The maximum absolute atomic E-state index is 12.1. The fraction of sp³-hybridized carbons (Fsp3) is 1.00. The van der Waals surface area contributed by atoms with E-state index in [1.54, 1.807) is 7.11 Å². The topological polar surface area (TPSA) is 73.2 Å². The van der Waals surface area contributed by atoms with Crippen molar-refractivity contribution in [2.24, 2.45) is 40.4 Å². The lowest BCUT2D eigenvalue weighted by atomic mass is 9.43. The summed E-state index contributed by atoms with van der Waals surface area (Å²) in [7, 11) is 1.73. The molecular weight excluding hydrogens is 342 g/mol. The minimum absolute atomic E-state index is 0.0657. The van der Waals surface area contributed by atoms with Gasteiger partial charge in [-0.2, -0.15) is 0 Å². The Morgan fingerprint density at radius 2 is 1.96 bits per heavy atom. The summed E-state index contributed by atoms with van der Waals surface area (Å²) in [6.07, 6.45) is 3.66. The molecule has 1 spiro atoms. The minimum atomic E-state index is -0.858. The van der Waals surface area contributed by atoms with E-state index in [0.717, 1.165) is 38.8 Å². The second-order valence-electron chi connectivity index (χ2n) is 11.1. The van der Waals surface area contributed by atoms with Gasteiger partial charge in [0.2, 0.25) is 0 Å². The molecule has 0 aromatic carbocycles. The first kappa shape index (κ1) is 17.6. The second kappa shape index (κ2) is 5.10. The van der Waals surface area contributed by atoms with E-state index in [2.05, 4.69) is 18.7 Å². The summed E-state index contributed by atoms with van der Waals surface area (Å²) in [6, 6.07) is 0.253. The van der Waals surface area contributed by atoms with Crippen molar-refractivity contribution in [3.05, 3.63) is 0 Å². The molecule has 6 rings (SSSR count). The molecule has 27 heavy (non-hydrogen) atoms. The van der Waals surface area contributed by atoms with Crippen LogP contribution in [-0.4, -0.2) is 70.4 Å². The molecule has 0 radical (unpaired) electrons. The lowest BCUT2D eigenvalue weighted by molar-refractivity contribution is -0.266. The summed E-state index contributed by atoms with van der Waals surface area (Å²) in [5.74, 6) is 0.840. The van der Waals surface area contributed by atoms with Gasteiger partial charge in [-0.05, 0) is 49.5 Å². The molecule has 5 aliphatic carbocycles. The van der Waals surface area contributed by atoms with E-state index >= 15 is 0 Å². The fourth-order valence-electron chi connectivity index (χ4n) is 10.1. The van der Waals surface area contributed by atoms with Crippen LogP contribution in [-0.2, 0) is 4.74 Å². The molecular formula is C22H35NO4. The summed E-state index contributed by atoms with van der Waals surface area (Å²) < 4.78 is 5.79. The number of fused-ring (bicyclic) bond motifs is 2. The molecule has 5 nitrogen and oxygen atoms in total. The van der Waals surface area contributed by atoms with E-state index < -0.39 is 11.7 Å². The van der Waals surface area contributed by atoms with Crippen LogP contribution in [0, 0.1) is 40.4 Å². The van der Waals surface area contributed by atoms with Gasteiger partial charge >= 0.3 is 0 Å². The molecule has 5 heteroatoms. The molecule has 12 atom stereocenters. The fourth-order valence-corrected chi connectivity index (χ4v) is 10.1. The van der Waals surface area contributed by atoms with Crippen LogP contribution in [0.3, 0.4) is 0 Å². The van der Waals surface area contributed by atoms with Crippen LogP contribution >= 0.6 is 0 Å². The lowest BCUT2D eigenvalue weighted by Crippen LogP contribution is -2.75. The highest BCUT2D eigenvalue weighted by atomic mass is 16.5. The SMILES string of the molecule is CCN1C[C@]2(C)CC[C@H](O)[C@@]34[C@@H]5C[C@@H]6[C@@H](O)[C@@H]5[C@@](O)(C[C@@H]6OC)[C@@H](C[C@H]23)[C@H]14. The third-order valence-corrected chi connectivity index (χ3v) is 10.7. The average molecular weight is 378 g/mol. The molecule has 1 heterocycles. The maximum atomic E-state index is 12.1. The smallest absolute Gasteiger partial charge is 0.0771 e. The first-order chi connectivity index (χ1) is 12.8. The van der Waals surface area contributed by atoms with Gasteiger partial charge in [-0.1, -0.05) is 13.8 Å². The van der Waals surface area contributed by atoms with Gasteiger partial charge in [-0.15, -0.1) is 0 Å². The van der Waals surface area contributed by atoms with E-state index in [9.17, 15) is 15.3 Å². The number of methoxy groups -OCH3 is 1. The van der Waals surface area contributed by atoms with Gasteiger partial charge in [0.05, 0.1) is 23.9 Å². The lowest BCUT2D eigenvalue weighted by Gasteiger charge is -2.68. The number of nitrogens with zero attached hydrogens (tertiary/aromatic N) is 1. The molecule has 1 saturated heterocycles. The first-order valence-corrected chi connectivity index (χ1v) is 11.2. The standard InChI is InChI=1S/C22H35NO4/c1-4-23-10-20(2)6-5-16(24)22-12-7-11-14(27-3)9-21(26,17(12)18(11)25)13(19(22)23)8-15(20)22/h11-19,24-26H,4-10H2,1-3H3/t11-,12+,13-,14-,15+,16-,17+,18+,19-,20-,21+,22+/m0/s1. The van der Waals surface area contributed by atoms with Crippen molar-refractivity contribution in [3.63, 3.8) is 0 Å². The molecule has 0 aromatic heterocycles. The van der Waals surface area contributed by atoms with E-state index in [1.807, 2.05) is 0 Å². The zero-order valence-corrected chi connectivity index (χ0v) is 16.8. The molecule has 5 saturated carbocycles. The molecule has 0 aromatic rings. The number of hydrogen-bond donors (Lipinski definition) is 3. The van der Waals surface area contributed by atoms with E-state index in [0.29, 0.717) is 12.3 Å². The van der Waals surface area contributed by atoms with Gasteiger partial charge < -0.3 is 20.1 Å². The van der Waals surface area contributed by atoms with Crippen molar-refractivity contribution in [1.29, 1.82) is 0 Å². The Morgan fingerprint density at radius 1 is 1.19 bits per heavy atom. The number of likely N-dealkylation sites (tertiary alicyclic amines) is 1. The molecule has 1 aliphatic heterocycles. The Kier molecular flexibility index (Phi) is 3.33.